The highest BCUT2D eigenvalue weighted by atomic mass is 16.3. The molecule has 2 unspecified atom stereocenters. The first-order chi connectivity index (χ1) is 27.7. The van der Waals surface area contributed by atoms with Gasteiger partial charge in [-0.25, -0.2) is 0 Å². The molecule has 0 spiro atoms. The van der Waals surface area contributed by atoms with Crippen LogP contribution in [0.4, 0.5) is 5.69 Å². The molecule has 2 atom stereocenters. The van der Waals surface area contributed by atoms with E-state index in [1.54, 1.807) is 0 Å². The van der Waals surface area contributed by atoms with E-state index < -0.39 is 0 Å². The van der Waals surface area contributed by atoms with Crippen molar-refractivity contribution in [3.63, 3.8) is 0 Å². The van der Waals surface area contributed by atoms with Crippen molar-refractivity contribution in [2.75, 3.05) is 4.90 Å². The molecule has 56 heavy (non-hydrogen) atoms. The second kappa shape index (κ2) is 14.6. The average molecular weight is 725 g/mol. The molecule has 0 saturated carbocycles. The maximum atomic E-state index is 6.23. The molecular weight excluding hydrogens is 679 g/mol. The Kier molecular flexibility index (Phi) is 8.98. The first kappa shape index (κ1) is 34.5. The predicted molar refractivity (Wildman–Crippen MR) is 236 cm³/mol. The van der Waals surface area contributed by atoms with Gasteiger partial charge in [0.05, 0.1) is 13.9 Å². The second-order valence-electron chi connectivity index (χ2n) is 15.3. The van der Waals surface area contributed by atoms with Crippen molar-refractivity contribution in [3.8, 4) is 11.1 Å². The Morgan fingerprint density at radius 3 is 2.52 bits per heavy atom. The fourth-order valence-electron chi connectivity index (χ4n) is 9.59. The van der Waals surface area contributed by atoms with Crippen LogP contribution in [0.1, 0.15) is 45.4 Å². The zero-order valence-electron chi connectivity index (χ0n) is 32.0. The lowest BCUT2D eigenvalue weighted by Gasteiger charge is -2.38. The van der Waals surface area contributed by atoms with E-state index >= 15 is 0 Å². The van der Waals surface area contributed by atoms with Gasteiger partial charge >= 0.3 is 0 Å². The minimum atomic E-state index is 0.249. The van der Waals surface area contributed by atoms with E-state index in [0.717, 1.165) is 55.1 Å². The van der Waals surface area contributed by atoms with Crippen LogP contribution in [-0.2, 0) is 0 Å². The molecule has 10 rings (SSSR count). The van der Waals surface area contributed by atoms with Crippen LogP contribution in [0.5, 0.6) is 0 Å². The summed E-state index contributed by atoms with van der Waals surface area (Å²) in [5.74, 6) is 0.276. The summed E-state index contributed by atoms with van der Waals surface area (Å²) in [6.07, 6.45) is 37.0. The molecule has 272 valence electrons. The van der Waals surface area contributed by atoms with Crippen molar-refractivity contribution in [1.29, 1.82) is 0 Å². The van der Waals surface area contributed by atoms with Gasteiger partial charge in [0.15, 0.2) is 0 Å². The summed E-state index contributed by atoms with van der Waals surface area (Å²) in [7, 11) is 6.23. The third kappa shape index (κ3) is 5.91. The van der Waals surface area contributed by atoms with Gasteiger partial charge in [0.1, 0.15) is 11.2 Å². The van der Waals surface area contributed by atoms with Gasteiger partial charge in [-0.1, -0.05) is 116 Å². The van der Waals surface area contributed by atoms with E-state index in [1.165, 1.54) is 72.5 Å². The van der Waals surface area contributed by atoms with E-state index in [1.807, 2.05) is 12.1 Å². The van der Waals surface area contributed by atoms with Crippen molar-refractivity contribution in [3.05, 3.63) is 197 Å². The monoisotopic (exact) mass is 724 g/mol. The molecule has 0 N–H and O–H groups in total. The summed E-state index contributed by atoms with van der Waals surface area (Å²) < 4.78 is 6.19. The number of likely N-dealkylation sites (tertiary alicyclic amines) is 1. The summed E-state index contributed by atoms with van der Waals surface area (Å²) in [4.78, 5) is 5.10. The number of hydrogen-bond acceptors (Lipinski definition) is 3. The summed E-state index contributed by atoms with van der Waals surface area (Å²) >= 11 is 0. The molecule has 5 aliphatic rings. The lowest BCUT2D eigenvalue weighted by atomic mass is 9.84. The van der Waals surface area contributed by atoms with E-state index in [0.29, 0.717) is 6.32 Å². The Bertz CT molecular complexity index is 2700. The van der Waals surface area contributed by atoms with Gasteiger partial charge in [-0.05, 0) is 133 Å². The molecule has 3 nitrogen and oxygen atoms in total. The number of rotatable bonds is 7. The highest BCUT2D eigenvalue weighted by Crippen LogP contribution is 2.48. The van der Waals surface area contributed by atoms with Crippen molar-refractivity contribution in [2.24, 2.45) is 5.92 Å². The molecular formula is C52H45BN2O. The van der Waals surface area contributed by atoms with E-state index in [2.05, 4.69) is 162 Å². The van der Waals surface area contributed by atoms with E-state index in [9.17, 15) is 0 Å². The first-order valence-electron chi connectivity index (χ1n) is 20.3. The summed E-state index contributed by atoms with van der Waals surface area (Å²) in [6, 6.07) is 28.9. The van der Waals surface area contributed by atoms with Gasteiger partial charge in [-0.15, -0.1) is 0 Å². The number of allylic oxidation sites excluding steroid dienone is 15. The van der Waals surface area contributed by atoms with Crippen molar-refractivity contribution < 1.29 is 4.42 Å². The summed E-state index contributed by atoms with van der Waals surface area (Å²) in [5.41, 5.74) is 14.7. The molecule has 1 aromatic heterocycles. The Labute approximate surface area is 331 Å². The summed E-state index contributed by atoms with van der Waals surface area (Å²) in [6.45, 7) is 2.17. The van der Waals surface area contributed by atoms with Crippen molar-refractivity contribution >= 4 is 46.2 Å². The van der Waals surface area contributed by atoms with Gasteiger partial charge < -0.3 is 14.2 Å². The zero-order valence-corrected chi connectivity index (χ0v) is 32.0. The SMILES string of the molecule is [B]CC=C1/C(=C\C)C2=CC(N(C3=CC=CCC3C3=CCCC=C3)c3ccc(-c4ccc5c(ccc6oc7ccccc7c65)c4)cc3)=CCC2N1C1=CC=CCC1. The standard InChI is InChI=1S/C52H45BN2O/c1-2-42-46-34-41(27-29-48(46)55(49(42)31-32-53)39-15-7-4-8-16-39)54(47-19-11-9-17-43(47)36-13-5-3-6-14-36)40-25-21-35(22-26-40)37-23-28-44-38(33-37)24-30-51-52(44)45-18-10-12-20-50(45)56-51/h2,4-5,7,9-15,18-28,30-31,33-34,43,48H,3,6,8,16-17,29,32H2,1H3/b42-2-,49-31?. The van der Waals surface area contributed by atoms with Gasteiger partial charge in [-0.3, -0.25) is 0 Å². The van der Waals surface area contributed by atoms with Crippen LogP contribution in [-0.4, -0.2) is 18.8 Å². The number of hydrogen-bond donors (Lipinski definition) is 0. The number of furan rings is 1. The molecule has 4 aromatic carbocycles. The Morgan fingerprint density at radius 2 is 1.70 bits per heavy atom. The first-order valence-corrected chi connectivity index (χ1v) is 20.3. The van der Waals surface area contributed by atoms with E-state index in [-0.39, 0.29) is 12.0 Å². The van der Waals surface area contributed by atoms with Crippen LogP contribution in [0.3, 0.4) is 0 Å². The maximum Gasteiger partial charge on any atom is 0.136 e. The molecule has 1 aliphatic heterocycles. The predicted octanol–water partition coefficient (Wildman–Crippen LogP) is 13.5. The van der Waals surface area contributed by atoms with Crippen LogP contribution in [0.15, 0.2) is 202 Å². The van der Waals surface area contributed by atoms with Crippen molar-refractivity contribution in [2.45, 2.75) is 57.8 Å². The average Bonchev–Trinajstić information content (AvgIpc) is 3.80. The molecule has 5 aromatic rings. The van der Waals surface area contributed by atoms with Crippen LogP contribution in [0, 0.1) is 5.92 Å². The van der Waals surface area contributed by atoms with Crippen LogP contribution >= 0.6 is 0 Å². The Balaban J connectivity index is 1.05. The number of para-hydroxylation sites is 1. The third-order valence-electron chi connectivity index (χ3n) is 12.2. The number of nitrogens with zero attached hydrogens (tertiary/aromatic N) is 2. The highest BCUT2D eigenvalue weighted by molar-refractivity contribution is 6.19. The molecule has 0 bridgehead atoms. The van der Waals surface area contributed by atoms with Crippen LogP contribution in [0.25, 0.3) is 43.8 Å². The molecule has 2 radical (unpaired) electrons. The minimum Gasteiger partial charge on any atom is -0.456 e. The molecule has 1 saturated heterocycles. The maximum absolute atomic E-state index is 6.23. The molecule has 4 aliphatic carbocycles. The number of fused-ring (bicyclic) bond motifs is 6. The van der Waals surface area contributed by atoms with Gasteiger partial charge in [-0.2, -0.15) is 0 Å². The fraction of sp³-hybridized carbons (Fsp3) is 0.192. The Morgan fingerprint density at radius 1 is 0.821 bits per heavy atom. The fourth-order valence-corrected chi connectivity index (χ4v) is 9.59. The zero-order chi connectivity index (χ0) is 37.6. The topological polar surface area (TPSA) is 19.6 Å². The van der Waals surface area contributed by atoms with Gasteiger partial charge in [0.25, 0.3) is 0 Å². The normalized spacial score (nSPS) is 22.1. The van der Waals surface area contributed by atoms with Gasteiger partial charge in [0, 0.05) is 45.2 Å². The molecule has 2 heterocycles. The van der Waals surface area contributed by atoms with Gasteiger partial charge in [0.2, 0.25) is 0 Å². The smallest absolute Gasteiger partial charge is 0.136 e. The van der Waals surface area contributed by atoms with Crippen LogP contribution < -0.4 is 4.90 Å². The van der Waals surface area contributed by atoms with Crippen LogP contribution in [0.2, 0.25) is 6.32 Å². The second-order valence-corrected chi connectivity index (χ2v) is 15.3. The summed E-state index contributed by atoms with van der Waals surface area (Å²) in [5, 5.41) is 4.78. The molecule has 1 fully saturated rings. The molecule has 0 amide bonds. The lowest BCUT2D eigenvalue weighted by molar-refractivity contribution is 0.374. The molecule has 4 heteroatoms. The highest BCUT2D eigenvalue weighted by Gasteiger charge is 2.40. The number of benzene rings is 4. The Hall–Kier alpha value is -6.00. The van der Waals surface area contributed by atoms with Crippen molar-refractivity contribution in [1.82, 2.24) is 4.90 Å². The quantitative estimate of drug-likeness (QED) is 0.156. The minimum absolute atomic E-state index is 0.249. The number of anilines is 1. The largest absolute Gasteiger partial charge is 0.456 e. The third-order valence-corrected chi connectivity index (χ3v) is 12.2. The van der Waals surface area contributed by atoms with E-state index in [4.69, 9.17) is 12.3 Å². The lowest BCUT2D eigenvalue weighted by Crippen LogP contribution is -2.33.